The smallest absolute Gasteiger partial charge is 0.132 e. The zero-order valence-electron chi connectivity index (χ0n) is 10.1. The third-order valence-electron chi connectivity index (χ3n) is 2.60. The maximum Gasteiger partial charge on any atom is 0.132 e. The summed E-state index contributed by atoms with van der Waals surface area (Å²) in [7, 11) is 0. The fourth-order valence-corrected chi connectivity index (χ4v) is 1.62. The van der Waals surface area contributed by atoms with Crippen molar-refractivity contribution < 1.29 is 14.2 Å². The molecule has 1 N–H and O–H groups in total. The first kappa shape index (κ1) is 12.6. The molecule has 0 saturated heterocycles. The molecule has 0 saturated carbocycles. The van der Waals surface area contributed by atoms with Crippen molar-refractivity contribution in [1.82, 2.24) is 9.55 Å². The largest absolute Gasteiger partial charge is 0.492 e. The summed E-state index contributed by atoms with van der Waals surface area (Å²) in [4.78, 5) is 3.91. The van der Waals surface area contributed by atoms with Crippen LogP contribution in [-0.4, -0.2) is 21.3 Å². The van der Waals surface area contributed by atoms with Gasteiger partial charge in [-0.3, -0.25) is 0 Å². The minimum Gasteiger partial charge on any atom is -0.492 e. The van der Waals surface area contributed by atoms with Crippen LogP contribution in [0.25, 0.3) is 0 Å². The average molecular weight is 250 g/mol. The number of nitrogens with zero attached hydrogens (tertiary/aromatic N) is 2. The lowest BCUT2D eigenvalue weighted by molar-refractivity contribution is 0.194. The highest BCUT2D eigenvalue weighted by Crippen LogP contribution is 2.21. The van der Waals surface area contributed by atoms with Gasteiger partial charge in [-0.25, -0.2) is 9.37 Å². The van der Waals surface area contributed by atoms with E-state index in [1.807, 2.05) is 10.8 Å². The van der Waals surface area contributed by atoms with Crippen LogP contribution in [0, 0.1) is 5.82 Å². The molecular formula is C13H15FN2O2. The molecule has 0 fully saturated rings. The molecule has 4 nitrogen and oxygen atoms in total. The number of hydrogen-bond donors (Lipinski definition) is 1. The van der Waals surface area contributed by atoms with Crippen LogP contribution in [0.4, 0.5) is 4.39 Å². The van der Waals surface area contributed by atoms with Crippen LogP contribution in [0.15, 0.2) is 36.9 Å². The second-order valence-electron chi connectivity index (χ2n) is 4.01. The SMILES string of the molecule is CC(O)c1ccc(OCCn2ccnc2)cc1F. The van der Waals surface area contributed by atoms with Gasteiger partial charge in [-0.1, -0.05) is 0 Å². The van der Waals surface area contributed by atoms with Gasteiger partial charge in [-0.05, 0) is 19.1 Å². The number of aliphatic hydroxyl groups excluding tert-OH is 1. The lowest BCUT2D eigenvalue weighted by Crippen LogP contribution is -2.07. The molecular weight excluding hydrogens is 235 g/mol. The Bertz CT molecular complexity index is 498. The first-order valence-corrected chi connectivity index (χ1v) is 5.73. The van der Waals surface area contributed by atoms with E-state index < -0.39 is 11.9 Å². The molecule has 0 aliphatic carbocycles. The van der Waals surface area contributed by atoms with Gasteiger partial charge in [0.25, 0.3) is 0 Å². The number of halogens is 1. The lowest BCUT2D eigenvalue weighted by atomic mass is 10.1. The topological polar surface area (TPSA) is 47.3 Å². The van der Waals surface area contributed by atoms with Crippen LogP contribution < -0.4 is 4.74 Å². The minimum absolute atomic E-state index is 0.275. The van der Waals surface area contributed by atoms with Crippen molar-refractivity contribution in [3.05, 3.63) is 48.3 Å². The summed E-state index contributed by atoms with van der Waals surface area (Å²) in [6, 6.07) is 4.47. The minimum atomic E-state index is -0.815. The average Bonchev–Trinajstić information content (AvgIpc) is 2.81. The van der Waals surface area contributed by atoms with Gasteiger partial charge >= 0.3 is 0 Å². The summed E-state index contributed by atoms with van der Waals surface area (Å²) in [6.07, 6.45) is 4.41. The Hall–Kier alpha value is -1.88. The maximum absolute atomic E-state index is 13.5. The van der Waals surface area contributed by atoms with Gasteiger partial charge in [0.05, 0.1) is 19.0 Å². The Morgan fingerprint density at radius 3 is 2.94 bits per heavy atom. The molecule has 1 heterocycles. The lowest BCUT2D eigenvalue weighted by Gasteiger charge is -2.10. The predicted octanol–water partition coefficient (Wildman–Crippen LogP) is 2.15. The van der Waals surface area contributed by atoms with Crippen LogP contribution in [0.2, 0.25) is 0 Å². The Morgan fingerprint density at radius 1 is 1.50 bits per heavy atom. The van der Waals surface area contributed by atoms with Gasteiger partial charge in [0.2, 0.25) is 0 Å². The summed E-state index contributed by atoms with van der Waals surface area (Å²) in [5, 5.41) is 9.31. The number of ether oxygens (including phenoxy) is 1. The molecule has 2 rings (SSSR count). The number of hydrogen-bond acceptors (Lipinski definition) is 3. The van der Waals surface area contributed by atoms with Gasteiger partial charge in [0.15, 0.2) is 0 Å². The zero-order valence-corrected chi connectivity index (χ0v) is 10.1. The summed E-state index contributed by atoms with van der Waals surface area (Å²) < 4.78 is 20.8. The molecule has 18 heavy (non-hydrogen) atoms. The quantitative estimate of drug-likeness (QED) is 0.884. The first-order valence-electron chi connectivity index (χ1n) is 5.73. The number of rotatable bonds is 5. The highest BCUT2D eigenvalue weighted by Gasteiger charge is 2.08. The van der Waals surface area contributed by atoms with Crippen molar-refractivity contribution in [3.8, 4) is 5.75 Å². The molecule has 0 radical (unpaired) electrons. The van der Waals surface area contributed by atoms with Gasteiger partial charge in [0, 0.05) is 24.0 Å². The summed E-state index contributed by atoms with van der Waals surface area (Å²) in [6.45, 7) is 2.61. The van der Waals surface area contributed by atoms with E-state index in [4.69, 9.17) is 4.74 Å². The van der Waals surface area contributed by atoms with Crippen molar-refractivity contribution in [2.24, 2.45) is 0 Å². The fourth-order valence-electron chi connectivity index (χ4n) is 1.62. The highest BCUT2D eigenvalue weighted by molar-refractivity contribution is 5.29. The molecule has 0 aliphatic rings. The second-order valence-corrected chi connectivity index (χ2v) is 4.01. The molecule has 1 aromatic heterocycles. The molecule has 1 unspecified atom stereocenters. The Labute approximate surface area is 105 Å². The van der Waals surface area contributed by atoms with Crippen molar-refractivity contribution in [2.45, 2.75) is 19.6 Å². The molecule has 2 aromatic rings. The Balaban J connectivity index is 1.92. The zero-order chi connectivity index (χ0) is 13.0. The van der Waals surface area contributed by atoms with Crippen LogP contribution in [0.5, 0.6) is 5.75 Å². The van der Waals surface area contributed by atoms with E-state index >= 15 is 0 Å². The third-order valence-corrected chi connectivity index (χ3v) is 2.60. The van der Waals surface area contributed by atoms with Gasteiger partial charge in [-0.2, -0.15) is 0 Å². The van der Waals surface area contributed by atoms with E-state index in [1.54, 1.807) is 18.6 Å². The molecule has 1 aromatic carbocycles. The van der Waals surface area contributed by atoms with Crippen LogP contribution in [0.3, 0.4) is 0 Å². The molecule has 1 atom stereocenters. The number of aliphatic hydroxyl groups is 1. The third kappa shape index (κ3) is 3.07. The van der Waals surface area contributed by atoms with E-state index in [-0.39, 0.29) is 5.56 Å². The molecule has 0 aliphatic heterocycles. The van der Waals surface area contributed by atoms with E-state index in [9.17, 15) is 9.50 Å². The second kappa shape index (κ2) is 5.64. The Morgan fingerprint density at radius 2 is 2.33 bits per heavy atom. The number of aromatic nitrogens is 2. The van der Waals surface area contributed by atoms with Crippen LogP contribution in [-0.2, 0) is 6.54 Å². The molecule has 96 valence electrons. The maximum atomic E-state index is 13.5. The Kier molecular flexibility index (Phi) is 3.94. The first-order chi connectivity index (χ1) is 8.66. The van der Waals surface area contributed by atoms with E-state index in [0.29, 0.717) is 18.9 Å². The fraction of sp³-hybridized carbons (Fsp3) is 0.308. The number of imidazole rings is 1. The highest BCUT2D eigenvalue weighted by atomic mass is 19.1. The van der Waals surface area contributed by atoms with E-state index in [2.05, 4.69) is 4.98 Å². The van der Waals surface area contributed by atoms with Crippen molar-refractivity contribution in [2.75, 3.05) is 6.61 Å². The standard InChI is InChI=1S/C13H15FN2O2/c1-10(17)12-3-2-11(8-13(12)14)18-7-6-16-5-4-15-9-16/h2-5,8-10,17H,6-7H2,1H3. The summed E-state index contributed by atoms with van der Waals surface area (Å²) in [5.41, 5.74) is 0.275. The monoisotopic (exact) mass is 250 g/mol. The van der Waals surface area contributed by atoms with Crippen molar-refractivity contribution in [1.29, 1.82) is 0 Å². The van der Waals surface area contributed by atoms with Gasteiger partial charge < -0.3 is 14.4 Å². The molecule has 0 bridgehead atoms. The van der Waals surface area contributed by atoms with Crippen LogP contribution in [0.1, 0.15) is 18.6 Å². The van der Waals surface area contributed by atoms with E-state index in [1.165, 1.54) is 19.1 Å². The predicted molar refractivity (Wildman–Crippen MR) is 64.8 cm³/mol. The van der Waals surface area contributed by atoms with Crippen molar-refractivity contribution in [3.63, 3.8) is 0 Å². The number of benzene rings is 1. The van der Waals surface area contributed by atoms with Gasteiger partial charge in [0.1, 0.15) is 18.2 Å². The molecule has 0 spiro atoms. The van der Waals surface area contributed by atoms with Gasteiger partial charge in [-0.15, -0.1) is 0 Å². The molecule has 5 heteroatoms. The summed E-state index contributed by atoms with van der Waals surface area (Å²) in [5.74, 6) is 0.00199. The van der Waals surface area contributed by atoms with Crippen molar-refractivity contribution >= 4 is 0 Å². The van der Waals surface area contributed by atoms with E-state index in [0.717, 1.165) is 0 Å². The normalized spacial score (nSPS) is 12.4. The molecule has 0 amide bonds. The summed E-state index contributed by atoms with van der Waals surface area (Å²) >= 11 is 0. The van der Waals surface area contributed by atoms with Crippen LogP contribution >= 0.6 is 0 Å².